The molecule has 128 valence electrons. The van der Waals surface area contributed by atoms with Crippen LogP contribution in [-0.4, -0.2) is 21.2 Å². The molecule has 1 aromatic heterocycles. The molecular weight excluding hydrogens is 345 g/mol. The molecule has 2 aromatic carbocycles. The molecular formula is C18H14FNO4S. The van der Waals surface area contributed by atoms with Gasteiger partial charge in [-0.1, -0.05) is 6.07 Å². The Morgan fingerprint density at radius 3 is 2.60 bits per heavy atom. The zero-order valence-electron chi connectivity index (χ0n) is 13.2. The number of nitrogens with zero attached hydrogens (tertiary/aromatic N) is 1. The molecule has 0 aliphatic heterocycles. The molecule has 0 saturated carbocycles. The SMILES string of the molecule is Cc1ccc(C(=O)OCc2csc(-c3ccc(F)cc3)n2)c(O)c1O. The molecule has 0 amide bonds. The predicted octanol–water partition coefficient (Wildman–Crippen LogP) is 4.03. The molecule has 0 saturated heterocycles. The van der Waals surface area contributed by atoms with Crippen LogP contribution >= 0.6 is 11.3 Å². The second-order valence-corrected chi connectivity index (χ2v) is 6.21. The average Bonchev–Trinajstić information content (AvgIpc) is 3.07. The lowest BCUT2D eigenvalue weighted by atomic mass is 10.1. The highest BCUT2D eigenvalue weighted by Crippen LogP contribution is 2.32. The van der Waals surface area contributed by atoms with E-state index in [1.54, 1.807) is 24.4 Å². The van der Waals surface area contributed by atoms with E-state index in [1.807, 2.05) is 0 Å². The minimum Gasteiger partial charge on any atom is -0.504 e. The third-order valence-corrected chi connectivity index (χ3v) is 4.51. The Hall–Kier alpha value is -2.93. The van der Waals surface area contributed by atoms with E-state index in [0.717, 1.165) is 5.56 Å². The number of aryl methyl sites for hydroxylation is 1. The maximum absolute atomic E-state index is 13.0. The number of esters is 1. The van der Waals surface area contributed by atoms with Gasteiger partial charge in [0.2, 0.25) is 0 Å². The number of carbonyl (C=O) groups excluding carboxylic acids is 1. The van der Waals surface area contributed by atoms with Crippen LogP contribution in [0.4, 0.5) is 4.39 Å². The summed E-state index contributed by atoms with van der Waals surface area (Å²) >= 11 is 1.35. The summed E-state index contributed by atoms with van der Waals surface area (Å²) in [5.41, 5.74) is 1.65. The lowest BCUT2D eigenvalue weighted by Crippen LogP contribution is -2.06. The number of phenols is 2. The summed E-state index contributed by atoms with van der Waals surface area (Å²) in [7, 11) is 0. The maximum atomic E-state index is 13.0. The van der Waals surface area contributed by atoms with Gasteiger partial charge in [-0.15, -0.1) is 11.3 Å². The highest BCUT2D eigenvalue weighted by Gasteiger charge is 2.17. The van der Waals surface area contributed by atoms with Crippen LogP contribution in [-0.2, 0) is 11.3 Å². The van der Waals surface area contributed by atoms with Crippen molar-refractivity contribution in [1.29, 1.82) is 0 Å². The summed E-state index contributed by atoms with van der Waals surface area (Å²) in [6, 6.07) is 8.85. The van der Waals surface area contributed by atoms with Crippen LogP contribution in [0.15, 0.2) is 41.8 Å². The van der Waals surface area contributed by atoms with Gasteiger partial charge in [0, 0.05) is 10.9 Å². The van der Waals surface area contributed by atoms with E-state index in [2.05, 4.69) is 4.98 Å². The van der Waals surface area contributed by atoms with Crippen molar-refractivity contribution in [3.63, 3.8) is 0 Å². The number of thiazole rings is 1. The van der Waals surface area contributed by atoms with Gasteiger partial charge in [-0.3, -0.25) is 0 Å². The number of carbonyl (C=O) groups is 1. The minimum atomic E-state index is -0.760. The topological polar surface area (TPSA) is 79.7 Å². The molecule has 0 unspecified atom stereocenters. The van der Waals surface area contributed by atoms with Crippen molar-refractivity contribution < 1.29 is 24.1 Å². The highest BCUT2D eigenvalue weighted by molar-refractivity contribution is 7.13. The van der Waals surface area contributed by atoms with E-state index in [4.69, 9.17) is 4.74 Å². The van der Waals surface area contributed by atoms with Gasteiger partial charge >= 0.3 is 5.97 Å². The van der Waals surface area contributed by atoms with Crippen LogP contribution in [0, 0.1) is 12.7 Å². The Morgan fingerprint density at radius 1 is 1.16 bits per heavy atom. The van der Waals surface area contributed by atoms with Crippen molar-refractivity contribution in [3.8, 4) is 22.1 Å². The second kappa shape index (κ2) is 6.90. The predicted molar refractivity (Wildman–Crippen MR) is 91.1 cm³/mol. The Morgan fingerprint density at radius 2 is 1.88 bits per heavy atom. The van der Waals surface area contributed by atoms with E-state index < -0.39 is 11.7 Å². The number of benzene rings is 2. The Labute approximate surface area is 147 Å². The van der Waals surface area contributed by atoms with Crippen LogP contribution in [0.3, 0.4) is 0 Å². The Kier molecular flexibility index (Phi) is 4.67. The van der Waals surface area contributed by atoms with Crippen molar-refractivity contribution in [3.05, 3.63) is 64.4 Å². The lowest BCUT2D eigenvalue weighted by molar-refractivity contribution is 0.0464. The van der Waals surface area contributed by atoms with Crippen LogP contribution in [0.1, 0.15) is 21.6 Å². The van der Waals surface area contributed by atoms with Crippen LogP contribution in [0.2, 0.25) is 0 Å². The van der Waals surface area contributed by atoms with Gasteiger partial charge in [0.25, 0.3) is 0 Å². The van der Waals surface area contributed by atoms with E-state index >= 15 is 0 Å². The Balaban J connectivity index is 1.69. The first-order valence-corrected chi connectivity index (χ1v) is 8.22. The van der Waals surface area contributed by atoms with Crippen molar-refractivity contribution in [2.75, 3.05) is 0 Å². The zero-order chi connectivity index (χ0) is 18.0. The molecule has 7 heteroatoms. The van der Waals surface area contributed by atoms with Gasteiger partial charge in [0.1, 0.15) is 23.0 Å². The van der Waals surface area contributed by atoms with Crippen molar-refractivity contribution in [1.82, 2.24) is 4.98 Å². The summed E-state index contributed by atoms with van der Waals surface area (Å²) in [5, 5.41) is 21.9. The van der Waals surface area contributed by atoms with Crippen LogP contribution in [0.5, 0.6) is 11.5 Å². The first kappa shape index (κ1) is 16.9. The standard InChI is InChI=1S/C18H14FNO4S/c1-10-2-7-14(16(22)15(10)21)18(23)24-8-13-9-25-17(20-13)11-3-5-12(19)6-4-11/h2-7,9,21-22H,8H2,1H3. The number of aromatic nitrogens is 1. The molecule has 2 N–H and O–H groups in total. The molecule has 0 bridgehead atoms. The molecule has 3 aromatic rings. The first-order chi connectivity index (χ1) is 12.0. The van der Waals surface area contributed by atoms with Gasteiger partial charge < -0.3 is 14.9 Å². The van der Waals surface area contributed by atoms with Gasteiger partial charge in [0.15, 0.2) is 11.5 Å². The first-order valence-electron chi connectivity index (χ1n) is 7.34. The smallest absolute Gasteiger partial charge is 0.342 e. The number of hydrogen-bond acceptors (Lipinski definition) is 6. The van der Waals surface area contributed by atoms with Gasteiger partial charge in [-0.25, -0.2) is 14.2 Å². The summed E-state index contributed by atoms with van der Waals surface area (Å²) in [6.45, 7) is 1.53. The number of aromatic hydroxyl groups is 2. The quantitative estimate of drug-likeness (QED) is 0.543. The number of rotatable bonds is 4. The second-order valence-electron chi connectivity index (χ2n) is 5.35. The fourth-order valence-corrected chi connectivity index (χ4v) is 2.97. The number of ether oxygens (including phenoxy) is 1. The minimum absolute atomic E-state index is 0.0788. The summed E-state index contributed by atoms with van der Waals surface area (Å²) < 4.78 is 18.1. The molecule has 3 rings (SSSR count). The third-order valence-electron chi connectivity index (χ3n) is 3.57. The van der Waals surface area contributed by atoms with Gasteiger partial charge in [-0.05, 0) is 42.8 Å². The van der Waals surface area contributed by atoms with Gasteiger partial charge in [0.05, 0.1) is 5.69 Å². The molecule has 25 heavy (non-hydrogen) atoms. The number of hydrogen-bond donors (Lipinski definition) is 2. The number of halogens is 1. The largest absolute Gasteiger partial charge is 0.504 e. The molecule has 0 spiro atoms. The van der Waals surface area contributed by atoms with Crippen LogP contribution in [0.25, 0.3) is 10.6 Å². The zero-order valence-corrected chi connectivity index (χ0v) is 14.0. The van der Waals surface area contributed by atoms with E-state index in [1.165, 1.54) is 35.6 Å². The van der Waals surface area contributed by atoms with E-state index in [0.29, 0.717) is 16.3 Å². The summed E-state index contributed by atoms with van der Waals surface area (Å²) in [5.74, 6) is -1.93. The van der Waals surface area contributed by atoms with Crippen molar-refractivity contribution in [2.24, 2.45) is 0 Å². The molecule has 0 atom stereocenters. The third kappa shape index (κ3) is 3.61. The van der Waals surface area contributed by atoms with Gasteiger partial charge in [-0.2, -0.15) is 0 Å². The molecule has 1 heterocycles. The fourth-order valence-electron chi connectivity index (χ4n) is 2.16. The molecule has 0 aliphatic rings. The monoisotopic (exact) mass is 359 g/mol. The lowest BCUT2D eigenvalue weighted by Gasteiger charge is -2.08. The number of phenolic OH excluding ortho intramolecular Hbond substituents is 2. The highest BCUT2D eigenvalue weighted by atomic mass is 32.1. The van der Waals surface area contributed by atoms with Crippen molar-refractivity contribution >= 4 is 17.3 Å². The fraction of sp³-hybridized carbons (Fsp3) is 0.111. The van der Waals surface area contributed by atoms with E-state index in [-0.39, 0.29) is 23.7 Å². The van der Waals surface area contributed by atoms with E-state index in [9.17, 15) is 19.4 Å². The summed E-state index contributed by atoms with van der Waals surface area (Å²) in [6.07, 6.45) is 0. The Bertz CT molecular complexity index is 921. The molecule has 5 nitrogen and oxygen atoms in total. The molecule has 0 radical (unpaired) electrons. The average molecular weight is 359 g/mol. The maximum Gasteiger partial charge on any atom is 0.342 e. The normalized spacial score (nSPS) is 10.6. The summed E-state index contributed by atoms with van der Waals surface area (Å²) in [4.78, 5) is 16.4. The molecule has 0 aliphatic carbocycles. The molecule has 0 fully saturated rings. The van der Waals surface area contributed by atoms with Crippen LogP contribution < -0.4 is 0 Å². The van der Waals surface area contributed by atoms with Crippen molar-refractivity contribution in [2.45, 2.75) is 13.5 Å².